The minimum Gasteiger partial charge on any atom is -0.352 e. The van der Waals surface area contributed by atoms with Crippen LogP contribution in [0.3, 0.4) is 0 Å². The van der Waals surface area contributed by atoms with Gasteiger partial charge in [0.25, 0.3) is 0 Å². The summed E-state index contributed by atoms with van der Waals surface area (Å²) in [6.45, 7) is 0.626. The summed E-state index contributed by atoms with van der Waals surface area (Å²) in [7, 11) is 5.60. The van der Waals surface area contributed by atoms with Crippen molar-refractivity contribution in [1.29, 1.82) is 0 Å². The first-order valence-corrected chi connectivity index (χ1v) is 5.62. The zero-order valence-corrected chi connectivity index (χ0v) is 11.1. The van der Waals surface area contributed by atoms with Gasteiger partial charge in [-0.1, -0.05) is 29.3 Å². The van der Waals surface area contributed by atoms with Crippen molar-refractivity contribution in [1.82, 2.24) is 10.2 Å². The monoisotopic (exact) mass is 259 g/mol. The van der Waals surface area contributed by atoms with Gasteiger partial charge in [-0.3, -0.25) is 4.99 Å². The minimum absolute atomic E-state index is 0.626. The van der Waals surface area contributed by atoms with Crippen molar-refractivity contribution in [3.05, 3.63) is 33.8 Å². The predicted octanol–water partition coefficient (Wildman–Crippen LogP) is 2.63. The van der Waals surface area contributed by atoms with Crippen molar-refractivity contribution in [3.8, 4) is 0 Å². The smallest absolute Gasteiger partial charge is 0.193 e. The number of aliphatic imine (C=N–C) groups is 1. The molecule has 5 heteroatoms. The molecule has 0 aliphatic carbocycles. The van der Waals surface area contributed by atoms with Crippen molar-refractivity contribution in [2.24, 2.45) is 4.99 Å². The summed E-state index contributed by atoms with van der Waals surface area (Å²) in [5.74, 6) is 0.811. The third kappa shape index (κ3) is 3.58. The van der Waals surface area contributed by atoms with E-state index in [0.717, 1.165) is 11.5 Å². The number of nitrogens with zero attached hydrogens (tertiary/aromatic N) is 2. The lowest BCUT2D eigenvalue weighted by molar-refractivity contribution is 0.583. The van der Waals surface area contributed by atoms with E-state index in [1.54, 1.807) is 13.1 Å². The van der Waals surface area contributed by atoms with Crippen LogP contribution in [0.1, 0.15) is 5.56 Å². The molecule has 1 aromatic carbocycles. The van der Waals surface area contributed by atoms with Crippen LogP contribution in [-0.2, 0) is 6.54 Å². The Hall–Kier alpha value is -0.930. The average molecular weight is 260 g/mol. The normalized spacial score (nSPS) is 11.4. The van der Waals surface area contributed by atoms with Gasteiger partial charge in [0, 0.05) is 37.7 Å². The van der Waals surface area contributed by atoms with E-state index < -0.39 is 0 Å². The third-order valence-electron chi connectivity index (χ3n) is 2.09. The largest absolute Gasteiger partial charge is 0.352 e. The standard InChI is InChI=1S/C11H15Cl2N3/c1-14-11(16(2)3)15-7-8-4-5-9(12)6-10(8)13/h4-6H,7H2,1-3H3,(H,14,15). The van der Waals surface area contributed by atoms with Crippen molar-refractivity contribution in [2.75, 3.05) is 21.1 Å². The van der Waals surface area contributed by atoms with Gasteiger partial charge in [0.15, 0.2) is 5.96 Å². The number of benzene rings is 1. The van der Waals surface area contributed by atoms with Gasteiger partial charge in [0.2, 0.25) is 0 Å². The van der Waals surface area contributed by atoms with E-state index >= 15 is 0 Å². The fourth-order valence-electron chi connectivity index (χ4n) is 1.28. The molecule has 1 aromatic rings. The second-order valence-corrected chi connectivity index (χ2v) is 4.37. The van der Waals surface area contributed by atoms with Crippen LogP contribution in [0.25, 0.3) is 0 Å². The lowest BCUT2D eigenvalue weighted by atomic mass is 10.2. The molecule has 16 heavy (non-hydrogen) atoms. The van der Waals surface area contributed by atoms with Crippen molar-refractivity contribution in [3.63, 3.8) is 0 Å². The number of hydrogen-bond donors (Lipinski definition) is 1. The average Bonchev–Trinajstić information content (AvgIpc) is 2.21. The molecule has 0 atom stereocenters. The predicted molar refractivity (Wildman–Crippen MR) is 70.3 cm³/mol. The molecule has 0 aliphatic rings. The van der Waals surface area contributed by atoms with E-state index in [1.165, 1.54) is 0 Å². The highest BCUT2D eigenvalue weighted by Gasteiger charge is 2.03. The summed E-state index contributed by atoms with van der Waals surface area (Å²) in [4.78, 5) is 6.02. The molecular weight excluding hydrogens is 245 g/mol. The molecule has 0 heterocycles. The van der Waals surface area contributed by atoms with Crippen LogP contribution in [0.2, 0.25) is 10.0 Å². The molecule has 1 rings (SSSR count). The van der Waals surface area contributed by atoms with E-state index in [4.69, 9.17) is 23.2 Å². The molecule has 0 unspecified atom stereocenters. The highest BCUT2D eigenvalue weighted by Crippen LogP contribution is 2.20. The maximum Gasteiger partial charge on any atom is 0.193 e. The van der Waals surface area contributed by atoms with Crippen LogP contribution in [0.4, 0.5) is 0 Å². The van der Waals surface area contributed by atoms with Gasteiger partial charge >= 0.3 is 0 Å². The first-order valence-electron chi connectivity index (χ1n) is 4.86. The SMILES string of the molecule is CN=C(NCc1ccc(Cl)cc1Cl)N(C)C. The maximum atomic E-state index is 6.06. The molecule has 0 bridgehead atoms. The molecule has 0 saturated heterocycles. The number of nitrogens with one attached hydrogen (secondary N) is 1. The van der Waals surface area contributed by atoms with Gasteiger partial charge in [-0.05, 0) is 17.7 Å². The topological polar surface area (TPSA) is 27.6 Å². The van der Waals surface area contributed by atoms with Crippen LogP contribution in [0.15, 0.2) is 23.2 Å². The van der Waals surface area contributed by atoms with Crippen molar-refractivity contribution in [2.45, 2.75) is 6.54 Å². The molecule has 0 fully saturated rings. The molecule has 88 valence electrons. The zero-order chi connectivity index (χ0) is 12.1. The number of rotatable bonds is 2. The first-order chi connectivity index (χ1) is 7.54. The molecule has 0 aromatic heterocycles. The second-order valence-electron chi connectivity index (χ2n) is 3.53. The molecule has 0 saturated carbocycles. The van der Waals surface area contributed by atoms with Crippen LogP contribution in [-0.4, -0.2) is 32.0 Å². The second kappa shape index (κ2) is 5.97. The van der Waals surface area contributed by atoms with Crippen LogP contribution >= 0.6 is 23.2 Å². The van der Waals surface area contributed by atoms with E-state index in [-0.39, 0.29) is 0 Å². The van der Waals surface area contributed by atoms with Crippen LogP contribution < -0.4 is 5.32 Å². The van der Waals surface area contributed by atoms with E-state index in [0.29, 0.717) is 16.6 Å². The summed E-state index contributed by atoms with van der Waals surface area (Å²) in [5.41, 5.74) is 0.995. The van der Waals surface area contributed by atoms with Gasteiger partial charge in [0.05, 0.1) is 0 Å². The highest BCUT2D eigenvalue weighted by atomic mass is 35.5. The Morgan fingerprint density at radius 1 is 1.38 bits per heavy atom. The minimum atomic E-state index is 0.626. The molecule has 0 aliphatic heterocycles. The van der Waals surface area contributed by atoms with Gasteiger partial charge in [-0.15, -0.1) is 0 Å². The maximum absolute atomic E-state index is 6.06. The molecule has 0 spiro atoms. The molecule has 1 N–H and O–H groups in total. The number of hydrogen-bond acceptors (Lipinski definition) is 1. The van der Waals surface area contributed by atoms with Gasteiger partial charge < -0.3 is 10.2 Å². The van der Waals surface area contributed by atoms with Crippen molar-refractivity contribution < 1.29 is 0 Å². The van der Waals surface area contributed by atoms with Gasteiger partial charge in [0.1, 0.15) is 0 Å². The highest BCUT2D eigenvalue weighted by molar-refractivity contribution is 6.35. The quantitative estimate of drug-likeness (QED) is 0.654. The Morgan fingerprint density at radius 3 is 2.56 bits per heavy atom. The fraction of sp³-hybridized carbons (Fsp3) is 0.364. The lowest BCUT2D eigenvalue weighted by Gasteiger charge is -2.17. The van der Waals surface area contributed by atoms with E-state index in [9.17, 15) is 0 Å². The lowest BCUT2D eigenvalue weighted by Crippen LogP contribution is -2.35. The summed E-state index contributed by atoms with van der Waals surface area (Å²) in [6.07, 6.45) is 0. The number of guanidine groups is 1. The Morgan fingerprint density at radius 2 is 2.06 bits per heavy atom. The first kappa shape index (κ1) is 13.1. The van der Waals surface area contributed by atoms with E-state index in [1.807, 2.05) is 31.1 Å². The summed E-state index contributed by atoms with van der Waals surface area (Å²) >= 11 is 11.9. The Bertz CT molecular complexity index is 389. The summed E-state index contributed by atoms with van der Waals surface area (Å²) < 4.78 is 0. The fourth-order valence-corrected chi connectivity index (χ4v) is 1.75. The van der Waals surface area contributed by atoms with Crippen molar-refractivity contribution >= 4 is 29.2 Å². The number of halogens is 2. The molecule has 3 nitrogen and oxygen atoms in total. The Labute approximate surface area is 106 Å². The molecular formula is C11H15Cl2N3. The molecule has 0 amide bonds. The molecule has 0 radical (unpaired) electrons. The summed E-state index contributed by atoms with van der Waals surface area (Å²) in [6, 6.07) is 5.46. The Balaban J connectivity index is 2.68. The van der Waals surface area contributed by atoms with Gasteiger partial charge in [-0.2, -0.15) is 0 Å². The van der Waals surface area contributed by atoms with Crippen LogP contribution in [0, 0.1) is 0 Å². The third-order valence-corrected chi connectivity index (χ3v) is 2.67. The van der Waals surface area contributed by atoms with Gasteiger partial charge in [-0.25, -0.2) is 0 Å². The zero-order valence-electron chi connectivity index (χ0n) is 9.59. The van der Waals surface area contributed by atoms with Crippen LogP contribution in [0.5, 0.6) is 0 Å². The Kier molecular flexibility index (Phi) is 4.90. The summed E-state index contributed by atoms with van der Waals surface area (Å²) in [5, 5.41) is 4.50. The van der Waals surface area contributed by atoms with E-state index in [2.05, 4.69) is 10.3 Å².